The highest BCUT2D eigenvalue weighted by Gasteiger charge is 2.53. The van der Waals surface area contributed by atoms with Gasteiger partial charge in [-0.3, -0.25) is 4.79 Å². The Kier molecular flexibility index (Phi) is 3.24. The van der Waals surface area contributed by atoms with Gasteiger partial charge in [0.1, 0.15) is 0 Å². The summed E-state index contributed by atoms with van der Waals surface area (Å²) in [5.74, 6) is 0.575. The van der Waals surface area contributed by atoms with Crippen molar-refractivity contribution in [3.8, 4) is 0 Å². The molecule has 1 aliphatic carbocycles. The summed E-state index contributed by atoms with van der Waals surface area (Å²) in [6, 6.07) is 0.932. The predicted octanol–water partition coefficient (Wildman–Crippen LogP) is 1.68. The second kappa shape index (κ2) is 4.36. The third-order valence-electron chi connectivity index (χ3n) is 4.45. The van der Waals surface area contributed by atoms with Crippen LogP contribution in [0.25, 0.3) is 0 Å². The Morgan fingerprint density at radius 2 is 2.31 bits per heavy atom. The van der Waals surface area contributed by atoms with Gasteiger partial charge in [0.15, 0.2) is 0 Å². The topological polar surface area (TPSA) is 41.1 Å². The van der Waals surface area contributed by atoms with Crippen molar-refractivity contribution in [1.29, 1.82) is 0 Å². The summed E-state index contributed by atoms with van der Waals surface area (Å²) in [4.78, 5) is 12.0. The predicted molar refractivity (Wildman–Crippen MR) is 65.1 cm³/mol. The molecule has 1 heterocycles. The number of hydrogen-bond acceptors (Lipinski definition) is 2. The van der Waals surface area contributed by atoms with Crippen LogP contribution in [0.4, 0.5) is 0 Å². The zero-order chi connectivity index (χ0) is 11.8. The maximum atomic E-state index is 12.0. The molecule has 3 heteroatoms. The molecule has 16 heavy (non-hydrogen) atoms. The molecule has 4 unspecified atom stereocenters. The number of nitrogens with one attached hydrogen (secondary N) is 2. The molecule has 4 atom stereocenters. The van der Waals surface area contributed by atoms with Crippen molar-refractivity contribution in [2.75, 3.05) is 6.54 Å². The molecule has 0 aromatic rings. The zero-order valence-electron chi connectivity index (χ0n) is 10.7. The fraction of sp³-hybridized carbons (Fsp3) is 0.923. The smallest absolute Gasteiger partial charge is 0.223 e. The van der Waals surface area contributed by atoms with E-state index < -0.39 is 0 Å². The van der Waals surface area contributed by atoms with Crippen molar-refractivity contribution in [3.05, 3.63) is 0 Å². The van der Waals surface area contributed by atoms with Crippen LogP contribution < -0.4 is 10.6 Å². The Bertz CT molecular complexity index is 279. The number of carbonyl (C=O) groups is 1. The monoisotopic (exact) mass is 224 g/mol. The van der Waals surface area contributed by atoms with Crippen LogP contribution in [0.1, 0.15) is 46.5 Å². The van der Waals surface area contributed by atoms with E-state index in [9.17, 15) is 4.79 Å². The minimum atomic E-state index is 0.280. The molecule has 0 aromatic carbocycles. The summed E-state index contributed by atoms with van der Waals surface area (Å²) in [6.07, 6.45) is 4.34. The van der Waals surface area contributed by atoms with Crippen LogP contribution in [0.2, 0.25) is 0 Å². The van der Waals surface area contributed by atoms with Gasteiger partial charge in [-0.1, -0.05) is 13.8 Å². The quantitative estimate of drug-likeness (QED) is 0.766. The van der Waals surface area contributed by atoms with E-state index in [1.807, 2.05) is 0 Å². The first-order valence-corrected chi connectivity index (χ1v) is 6.59. The molecule has 2 fully saturated rings. The standard InChI is InChI=1S/C13H24N2O/c1-4-13(3)8-11(13)12(16)15-10-5-6-14-9(2)7-10/h9-11,14H,4-8H2,1-3H3,(H,15,16). The van der Waals surface area contributed by atoms with Crippen LogP contribution in [-0.2, 0) is 4.79 Å². The van der Waals surface area contributed by atoms with Gasteiger partial charge in [0.2, 0.25) is 5.91 Å². The maximum Gasteiger partial charge on any atom is 0.223 e. The molecule has 2 aliphatic rings. The fourth-order valence-corrected chi connectivity index (χ4v) is 2.77. The van der Waals surface area contributed by atoms with Crippen molar-refractivity contribution in [1.82, 2.24) is 10.6 Å². The van der Waals surface area contributed by atoms with Gasteiger partial charge >= 0.3 is 0 Å². The Balaban J connectivity index is 1.80. The number of hydrogen-bond donors (Lipinski definition) is 2. The molecule has 1 aliphatic heterocycles. The second-order valence-electron chi connectivity index (χ2n) is 5.85. The number of rotatable bonds is 3. The molecule has 3 nitrogen and oxygen atoms in total. The Morgan fingerprint density at radius 1 is 1.56 bits per heavy atom. The van der Waals surface area contributed by atoms with E-state index in [2.05, 4.69) is 31.4 Å². The average Bonchev–Trinajstić information content (AvgIpc) is 2.92. The van der Waals surface area contributed by atoms with Gasteiger partial charge in [-0.2, -0.15) is 0 Å². The molecule has 2 N–H and O–H groups in total. The molecule has 1 amide bonds. The van der Waals surface area contributed by atoms with Gasteiger partial charge in [0, 0.05) is 18.0 Å². The first-order chi connectivity index (χ1) is 7.55. The second-order valence-corrected chi connectivity index (χ2v) is 5.85. The lowest BCUT2D eigenvalue weighted by Gasteiger charge is -2.28. The van der Waals surface area contributed by atoms with Gasteiger partial charge in [0.25, 0.3) is 0 Å². The molecule has 1 saturated heterocycles. The Labute approximate surface area is 98.4 Å². The Morgan fingerprint density at radius 3 is 2.88 bits per heavy atom. The largest absolute Gasteiger partial charge is 0.353 e. The first kappa shape index (κ1) is 11.9. The Hall–Kier alpha value is -0.570. The molecule has 0 spiro atoms. The van der Waals surface area contributed by atoms with E-state index in [0.717, 1.165) is 32.2 Å². The normalized spacial score (nSPS) is 42.8. The van der Waals surface area contributed by atoms with E-state index >= 15 is 0 Å². The molecule has 0 aromatic heterocycles. The van der Waals surface area contributed by atoms with Crippen molar-refractivity contribution in [3.63, 3.8) is 0 Å². The van der Waals surface area contributed by atoms with Gasteiger partial charge in [-0.25, -0.2) is 0 Å². The molecular weight excluding hydrogens is 200 g/mol. The van der Waals surface area contributed by atoms with E-state index in [1.165, 1.54) is 0 Å². The first-order valence-electron chi connectivity index (χ1n) is 6.59. The van der Waals surface area contributed by atoms with E-state index in [-0.39, 0.29) is 5.92 Å². The highest BCUT2D eigenvalue weighted by molar-refractivity contribution is 5.82. The van der Waals surface area contributed by atoms with E-state index in [0.29, 0.717) is 23.4 Å². The van der Waals surface area contributed by atoms with Crippen LogP contribution >= 0.6 is 0 Å². The third kappa shape index (κ3) is 2.40. The van der Waals surface area contributed by atoms with Gasteiger partial charge in [-0.15, -0.1) is 0 Å². The minimum absolute atomic E-state index is 0.280. The lowest BCUT2D eigenvalue weighted by atomic mass is 9.99. The van der Waals surface area contributed by atoms with Crippen molar-refractivity contribution in [2.45, 2.75) is 58.5 Å². The molecular formula is C13H24N2O. The summed E-state index contributed by atoms with van der Waals surface area (Å²) in [6.45, 7) is 7.62. The SMILES string of the molecule is CCC1(C)CC1C(=O)NC1CCNC(C)C1. The molecule has 92 valence electrons. The lowest BCUT2D eigenvalue weighted by Crippen LogP contribution is -2.47. The van der Waals surface area contributed by atoms with Crippen LogP contribution in [0, 0.1) is 11.3 Å². The van der Waals surface area contributed by atoms with Crippen LogP contribution in [0.5, 0.6) is 0 Å². The van der Waals surface area contributed by atoms with Crippen molar-refractivity contribution < 1.29 is 4.79 Å². The van der Waals surface area contributed by atoms with Gasteiger partial charge in [-0.05, 0) is 44.6 Å². The third-order valence-corrected chi connectivity index (χ3v) is 4.45. The van der Waals surface area contributed by atoms with Crippen LogP contribution in [-0.4, -0.2) is 24.5 Å². The van der Waals surface area contributed by atoms with E-state index in [4.69, 9.17) is 0 Å². The summed E-state index contributed by atoms with van der Waals surface area (Å²) in [7, 11) is 0. The molecule has 1 saturated carbocycles. The molecule has 2 rings (SSSR count). The molecule has 0 bridgehead atoms. The van der Waals surface area contributed by atoms with Crippen molar-refractivity contribution in [2.24, 2.45) is 11.3 Å². The number of carbonyl (C=O) groups excluding carboxylic acids is 1. The summed E-state index contributed by atoms with van der Waals surface area (Å²) >= 11 is 0. The highest BCUT2D eigenvalue weighted by Crippen LogP contribution is 2.54. The summed E-state index contributed by atoms with van der Waals surface area (Å²) in [5, 5.41) is 6.63. The van der Waals surface area contributed by atoms with E-state index in [1.54, 1.807) is 0 Å². The van der Waals surface area contributed by atoms with Gasteiger partial charge in [0.05, 0.1) is 0 Å². The van der Waals surface area contributed by atoms with Crippen LogP contribution in [0.15, 0.2) is 0 Å². The zero-order valence-corrected chi connectivity index (χ0v) is 10.7. The molecule has 0 radical (unpaired) electrons. The summed E-state index contributed by atoms with van der Waals surface area (Å²) < 4.78 is 0. The lowest BCUT2D eigenvalue weighted by molar-refractivity contribution is -0.124. The highest BCUT2D eigenvalue weighted by atomic mass is 16.2. The maximum absolute atomic E-state index is 12.0. The van der Waals surface area contributed by atoms with Crippen molar-refractivity contribution >= 4 is 5.91 Å². The van der Waals surface area contributed by atoms with Crippen LogP contribution in [0.3, 0.4) is 0 Å². The summed E-state index contributed by atoms with van der Waals surface area (Å²) in [5.41, 5.74) is 0.294. The minimum Gasteiger partial charge on any atom is -0.353 e. The average molecular weight is 224 g/mol. The number of amides is 1. The number of piperidine rings is 1. The van der Waals surface area contributed by atoms with Gasteiger partial charge < -0.3 is 10.6 Å². The fourth-order valence-electron chi connectivity index (χ4n) is 2.77.